The number of hydrogen-bond donors (Lipinski definition) is 0. The Morgan fingerprint density at radius 1 is 1.10 bits per heavy atom. The van der Waals surface area contributed by atoms with Gasteiger partial charge in [0.15, 0.2) is 0 Å². The second-order valence-corrected chi connectivity index (χ2v) is 5.26. The van der Waals surface area contributed by atoms with E-state index in [0.29, 0.717) is 5.92 Å². The molecule has 1 nitrogen and oxygen atoms in total. The van der Waals surface area contributed by atoms with E-state index in [2.05, 4.69) is 6.92 Å². The molecule has 2 rings (SSSR count). The van der Waals surface area contributed by atoms with Crippen molar-refractivity contribution in [2.75, 3.05) is 0 Å². The molecular formula is C13H16BF4KO. The van der Waals surface area contributed by atoms with Crippen molar-refractivity contribution in [1.29, 1.82) is 0 Å². The fourth-order valence-corrected chi connectivity index (χ4v) is 2.39. The van der Waals surface area contributed by atoms with Gasteiger partial charge >= 0.3 is 58.4 Å². The molecule has 0 bridgehead atoms. The molecule has 1 aliphatic carbocycles. The molecule has 0 radical (unpaired) electrons. The summed E-state index contributed by atoms with van der Waals surface area (Å²) >= 11 is 0. The van der Waals surface area contributed by atoms with E-state index in [0.717, 1.165) is 37.8 Å². The Kier molecular flexibility index (Phi) is 7.05. The van der Waals surface area contributed by atoms with Gasteiger partial charge in [-0.1, -0.05) is 18.5 Å². The third-order valence-electron chi connectivity index (χ3n) is 3.59. The minimum atomic E-state index is -5.31. The van der Waals surface area contributed by atoms with Gasteiger partial charge in [0.1, 0.15) is 5.75 Å². The van der Waals surface area contributed by atoms with Crippen molar-refractivity contribution in [2.45, 2.75) is 38.7 Å². The summed E-state index contributed by atoms with van der Waals surface area (Å²) in [5, 5.41) is 0. The predicted molar refractivity (Wildman–Crippen MR) is 67.2 cm³/mol. The number of halogens is 4. The van der Waals surface area contributed by atoms with E-state index < -0.39 is 18.3 Å². The second-order valence-electron chi connectivity index (χ2n) is 5.26. The molecule has 0 heterocycles. The van der Waals surface area contributed by atoms with Gasteiger partial charge in [0.05, 0.1) is 11.9 Å². The van der Waals surface area contributed by atoms with E-state index >= 15 is 0 Å². The van der Waals surface area contributed by atoms with Crippen LogP contribution in [-0.2, 0) is 0 Å². The Morgan fingerprint density at radius 2 is 1.70 bits per heavy atom. The first kappa shape index (κ1) is 18.5. The average molecular weight is 314 g/mol. The summed E-state index contributed by atoms with van der Waals surface area (Å²) < 4.78 is 56.3. The largest absolute Gasteiger partial charge is 1.00 e. The molecule has 0 atom stereocenters. The van der Waals surface area contributed by atoms with Crippen molar-refractivity contribution < 1.29 is 73.5 Å². The van der Waals surface area contributed by atoms with Crippen LogP contribution in [-0.4, -0.2) is 13.1 Å². The average Bonchev–Trinajstić information content (AvgIpc) is 2.30. The molecule has 0 spiro atoms. The monoisotopic (exact) mass is 314 g/mol. The van der Waals surface area contributed by atoms with Crippen LogP contribution in [0, 0.1) is 11.7 Å². The number of ether oxygens (including phenoxy) is 1. The number of benzene rings is 1. The summed E-state index contributed by atoms with van der Waals surface area (Å²) in [6.07, 6.45) is 3.80. The van der Waals surface area contributed by atoms with Gasteiger partial charge in [-0.05, 0) is 37.7 Å². The fourth-order valence-electron chi connectivity index (χ4n) is 2.39. The zero-order valence-electron chi connectivity index (χ0n) is 11.7. The smallest absolute Gasteiger partial charge is 0.490 e. The SMILES string of the molecule is CC1CCC(Oc2ccc([B-](F)(F)F)c(F)c2)CC1.[K+]. The normalized spacial score (nSPS) is 23.1. The van der Waals surface area contributed by atoms with Crippen LogP contribution in [0.1, 0.15) is 32.6 Å². The molecule has 20 heavy (non-hydrogen) atoms. The topological polar surface area (TPSA) is 9.23 Å². The van der Waals surface area contributed by atoms with Crippen LogP contribution in [0.2, 0.25) is 0 Å². The summed E-state index contributed by atoms with van der Waals surface area (Å²) in [5.74, 6) is -0.415. The van der Waals surface area contributed by atoms with Gasteiger partial charge < -0.3 is 17.7 Å². The standard InChI is InChI=1S/C13H16BF4O.K/c1-9-2-4-10(5-3-9)19-11-6-7-12(13(15)8-11)14(16,17)18;/h6-10H,2-5H2,1H3;/q-1;+1. The van der Waals surface area contributed by atoms with Gasteiger partial charge in [-0.15, -0.1) is 0 Å². The molecule has 1 aliphatic rings. The molecule has 0 amide bonds. The second kappa shape index (κ2) is 7.63. The van der Waals surface area contributed by atoms with Gasteiger partial charge in [0.2, 0.25) is 0 Å². The molecule has 1 fully saturated rings. The van der Waals surface area contributed by atoms with E-state index in [1.54, 1.807) is 0 Å². The Morgan fingerprint density at radius 3 is 2.20 bits per heavy atom. The van der Waals surface area contributed by atoms with E-state index in [-0.39, 0.29) is 63.2 Å². The van der Waals surface area contributed by atoms with Crippen LogP contribution in [0.3, 0.4) is 0 Å². The van der Waals surface area contributed by atoms with Crippen molar-refractivity contribution in [3.05, 3.63) is 24.0 Å². The number of hydrogen-bond acceptors (Lipinski definition) is 1. The molecule has 0 saturated heterocycles. The summed E-state index contributed by atoms with van der Waals surface area (Å²) in [5.41, 5.74) is -1.19. The van der Waals surface area contributed by atoms with Crippen LogP contribution in [0.15, 0.2) is 18.2 Å². The third-order valence-corrected chi connectivity index (χ3v) is 3.59. The maximum absolute atomic E-state index is 13.4. The molecule has 0 N–H and O–H groups in total. The van der Waals surface area contributed by atoms with E-state index in [1.807, 2.05) is 0 Å². The molecule has 106 valence electrons. The predicted octanol–water partition coefficient (Wildman–Crippen LogP) is 0.842. The van der Waals surface area contributed by atoms with Gasteiger partial charge in [-0.3, -0.25) is 0 Å². The molecule has 0 aromatic heterocycles. The molecular weight excluding hydrogens is 298 g/mol. The van der Waals surface area contributed by atoms with Gasteiger partial charge in [-0.25, -0.2) is 4.39 Å². The summed E-state index contributed by atoms with van der Waals surface area (Å²) in [6, 6.07) is 2.80. The van der Waals surface area contributed by atoms with Gasteiger partial charge in [-0.2, -0.15) is 0 Å². The van der Waals surface area contributed by atoms with Gasteiger partial charge in [0, 0.05) is 6.07 Å². The first-order valence-corrected chi connectivity index (χ1v) is 6.52. The molecule has 1 saturated carbocycles. The van der Waals surface area contributed by atoms with Crippen molar-refractivity contribution in [3.8, 4) is 5.75 Å². The molecule has 1 aromatic carbocycles. The third kappa shape index (κ3) is 5.02. The van der Waals surface area contributed by atoms with Crippen LogP contribution >= 0.6 is 0 Å². The molecule has 7 heteroatoms. The minimum Gasteiger partial charge on any atom is -0.490 e. The molecule has 1 aromatic rings. The molecule has 0 unspecified atom stereocenters. The quantitative estimate of drug-likeness (QED) is 0.593. The Hall–Kier alpha value is 0.441. The first-order valence-electron chi connectivity index (χ1n) is 6.52. The molecule has 0 aliphatic heterocycles. The fraction of sp³-hybridized carbons (Fsp3) is 0.538. The zero-order chi connectivity index (χ0) is 14.0. The van der Waals surface area contributed by atoms with Crippen LogP contribution in [0.4, 0.5) is 17.3 Å². The maximum Gasteiger partial charge on any atom is 1.00 e. The Balaban J connectivity index is 0.00000200. The zero-order valence-corrected chi connectivity index (χ0v) is 14.8. The summed E-state index contributed by atoms with van der Waals surface area (Å²) in [7, 11) is 0. The van der Waals surface area contributed by atoms with Gasteiger partial charge in [0.25, 0.3) is 0 Å². The Bertz CT molecular complexity index is 444. The number of rotatable bonds is 3. The van der Waals surface area contributed by atoms with Crippen molar-refractivity contribution in [2.24, 2.45) is 5.92 Å². The van der Waals surface area contributed by atoms with Crippen LogP contribution < -0.4 is 61.6 Å². The van der Waals surface area contributed by atoms with E-state index in [4.69, 9.17) is 4.74 Å². The van der Waals surface area contributed by atoms with Crippen LogP contribution in [0.5, 0.6) is 5.75 Å². The first-order chi connectivity index (χ1) is 8.86. The maximum atomic E-state index is 13.4. The van der Waals surface area contributed by atoms with Crippen molar-refractivity contribution in [1.82, 2.24) is 0 Å². The van der Waals surface area contributed by atoms with Crippen LogP contribution in [0.25, 0.3) is 0 Å². The van der Waals surface area contributed by atoms with Crippen molar-refractivity contribution in [3.63, 3.8) is 0 Å². The van der Waals surface area contributed by atoms with Crippen molar-refractivity contribution >= 4 is 12.4 Å². The van der Waals surface area contributed by atoms with E-state index in [9.17, 15) is 17.3 Å². The summed E-state index contributed by atoms with van der Waals surface area (Å²) in [4.78, 5) is 0. The summed E-state index contributed by atoms with van der Waals surface area (Å²) in [6.45, 7) is -3.14. The minimum absolute atomic E-state index is 0. The Labute approximate surface area is 158 Å². The van der Waals surface area contributed by atoms with E-state index in [1.165, 1.54) is 6.07 Å².